The summed E-state index contributed by atoms with van der Waals surface area (Å²) >= 11 is 3.52. The maximum absolute atomic E-state index is 4.47. The lowest BCUT2D eigenvalue weighted by atomic mass is 10.00. The number of rotatable bonds is 2. The van der Waals surface area contributed by atoms with Crippen molar-refractivity contribution in [3.05, 3.63) is 11.6 Å². The molecule has 0 aliphatic heterocycles. The van der Waals surface area contributed by atoms with Crippen LogP contribution in [0.15, 0.2) is 0 Å². The lowest BCUT2D eigenvalue weighted by Crippen LogP contribution is -2.27. The molecule has 1 heterocycles. The fraction of sp³-hybridized carbons (Fsp3) is 0.846. The molecule has 0 bridgehead atoms. The standard InChI is InChI=1S/C13H20BrN3/c1-13(2,3)17-11(7-14)15-16-12(17)10-5-8-4-9(8)6-10/h8-10H,4-7H2,1-3H3. The number of halogens is 1. The maximum Gasteiger partial charge on any atom is 0.144 e. The minimum absolute atomic E-state index is 0.0781. The van der Waals surface area contributed by atoms with Gasteiger partial charge in [-0.1, -0.05) is 15.9 Å². The summed E-state index contributed by atoms with van der Waals surface area (Å²) in [7, 11) is 0. The lowest BCUT2D eigenvalue weighted by molar-refractivity contribution is 0.359. The number of aromatic nitrogens is 3. The first-order valence-electron chi connectivity index (χ1n) is 6.51. The summed E-state index contributed by atoms with van der Waals surface area (Å²) < 4.78 is 2.34. The van der Waals surface area contributed by atoms with Gasteiger partial charge >= 0.3 is 0 Å². The average Bonchev–Trinajstić information content (AvgIpc) is 2.75. The third kappa shape index (κ3) is 1.94. The molecule has 0 spiro atoms. The molecule has 2 aliphatic carbocycles. The third-order valence-corrected chi connectivity index (χ3v) is 4.66. The summed E-state index contributed by atoms with van der Waals surface area (Å²) in [6, 6.07) is 0. The van der Waals surface area contributed by atoms with E-state index < -0.39 is 0 Å². The van der Waals surface area contributed by atoms with E-state index in [9.17, 15) is 0 Å². The van der Waals surface area contributed by atoms with Crippen LogP contribution in [0.1, 0.15) is 57.6 Å². The van der Waals surface area contributed by atoms with Gasteiger partial charge in [-0.15, -0.1) is 10.2 Å². The molecule has 94 valence electrons. The van der Waals surface area contributed by atoms with E-state index in [-0.39, 0.29) is 5.54 Å². The number of fused-ring (bicyclic) bond motifs is 1. The van der Waals surface area contributed by atoms with E-state index in [0.717, 1.165) is 23.0 Å². The molecule has 3 nitrogen and oxygen atoms in total. The van der Waals surface area contributed by atoms with Crippen molar-refractivity contribution in [2.45, 2.75) is 56.8 Å². The molecule has 0 radical (unpaired) electrons. The number of nitrogens with zero attached hydrogens (tertiary/aromatic N) is 3. The van der Waals surface area contributed by atoms with Gasteiger partial charge in [-0.25, -0.2) is 0 Å². The van der Waals surface area contributed by atoms with Crippen LogP contribution in [0.5, 0.6) is 0 Å². The Morgan fingerprint density at radius 2 is 1.82 bits per heavy atom. The Bertz CT molecular complexity index is 422. The molecule has 0 N–H and O–H groups in total. The van der Waals surface area contributed by atoms with Crippen LogP contribution in [0.4, 0.5) is 0 Å². The molecule has 1 aromatic heterocycles. The first kappa shape index (κ1) is 11.7. The van der Waals surface area contributed by atoms with Crippen molar-refractivity contribution in [3.63, 3.8) is 0 Å². The Morgan fingerprint density at radius 3 is 2.35 bits per heavy atom. The van der Waals surface area contributed by atoms with Gasteiger partial charge in [0.25, 0.3) is 0 Å². The minimum atomic E-state index is 0.0781. The molecule has 2 saturated carbocycles. The molecule has 17 heavy (non-hydrogen) atoms. The molecule has 2 unspecified atom stereocenters. The normalized spacial score (nSPS) is 31.6. The molecule has 2 fully saturated rings. The Kier molecular flexibility index (Phi) is 2.62. The summed E-state index contributed by atoms with van der Waals surface area (Å²) in [6.07, 6.45) is 4.13. The molecular formula is C13H20BrN3. The van der Waals surface area contributed by atoms with E-state index in [2.05, 4.69) is 51.5 Å². The minimum Gasteiger partial charge on any atom is -0.309 e. The first-order chi connectivity index (χ1) is 8.00. The molecule has 4 heteroatoms. The van der Waals surface area contributed by atoms with Crippen molar-refractivity contribution in [3.8, 4) is 0 Å². The van der Waals surface area contributed by atoms with Crippen LogP contribution in [0.2, 0.25) is 0 Å². The van der Waals surface area contributed by atoms with Crippen LogP contribution in [-0.2, 0) is 10.9 Å². The number of alkyl halides is 1. The second-order valence-electron chi connectivity index (χ2n) is 6.54. The van der Waals surface area contributed by atoms with E-state index in [1.165, 1.54) is 25.1 Å². The molecule has 0 saturated heterocycles. The summed E-state index contributed by atoms with van der Waals surface area (Å²) in [6.45, 7) is 6.71. The summed E-state index contributed by atoms with van der Waals surface area (Å²) in [5.74, 6) is 4.93. The Hall–Kier alpha value is -0.380. The Morgan fingerprint density at radius 1 is 1.18 bits per heavy atom. The highest BCUT2D eigenvalue weighted by Crippen LogP contribution is 2.57. The molecular weight excluding hydrogens is 278 g/mol. The molecule has 2 aliphatic rings. The quantitative estimate of drug-likeness (QED) is 0.783. The molecule has 0 aromatic carbocycles. The second kappa shape index (κ2) is 3.81. The van der Waals surface area contributed by atoms with E-state index in [4.69, 9.17) is 0 Å². The Labute approximate surface area is 111 Å². The van der Waals surface area contributed by atoms with E-state index in [0.29, 0.717) is 5.92 Å². The van der Waals surface area contributed by atoms with Crippen molar-refractivity contribution in [2.75, 3.05) is 0 Å². The third-order valence-electron chi connectivity index (χ3n) is 4.15. The number of hydrogen-bond donors (Lipinski definition) is 0. The van der Waals surface area contributed by atoms with Gasteiger partial charge in [0.15, 0.2) is 0 Å². The average molecular weight is 298 g/mol. The van der Waals surface area contributed by atoms with Crippen LogP contribution in [0, 0.1) is 11.8 Å². The van der Waals surface area contributed by atoms with Gasteiger partial charge in [-0.2, -0.15) is 0 Å². The SMILES string of the molecule is CC(C)(C)n1c(CBr)nnc1C1CC2CC2C1. The van der Waals surface area contributed by atoms with Gasteiger partial charge < -0.3 is 4.57 Å². The molecule has 1 aromatic rings. The Balaban J connectivity index is 1.96. The monoisotopic (exact) mass is 297 g/mol. The van der Waals surface area contributed by atoms with E-state index in [1.54, 1.807) is 0 Å². The van der Waals surface area contributed by atoms with Gasteiger partial charge in [0, 0.05) is 11.5 Å². The maximum atomic E-state index is 4.47. The molecule has 3 rings (SSSR count). The predicted octanol–water partition coefficient (Wildman–Crippen LogP) is 3.44. The second-order valence-corrected chi connectivity index (χ2v) is 7.10. The van der Waals surface area contributed by atoms with Crippen molar-refractivity contribution in [1.29, 1.82) is 0 Å². The smallest absolute Gasteiger partial charge is 0.144 e. The molecule has 0 amide bonds. The van der Waals surface area contributed by atoms with Crippen LogP contribution in [-0.4, -0.2) is 14.8 Å². The summed E-state index contributed by atoms with van der Waals surface area (Å²) in [5, 5.41) is 9.61. The van der Waals surface area contributed by atoms with Crippen molar-refractivity contribution >= 4 is 15.9 Å². The highest BCUT2D eigenvalue weighted by molar-refractivity contribution is 9.08. The van der Waals surface area contributed by atoms with Gasteiger partial charge in [0.1, 0.15) is 11.6 Å². The zero-order chi connectivity index (χ0) is 12.2. The van der Waals surface area contributed by atoms with Crippen LogP contribution in [0.3, 0.4) is 0 Å². The molecule has 2 atom stereocenters. The topological polar surface area (TPSA) is 30.7 Å². The van der Waals surface area contributed by atoms with E-state index in [1.807, 2.05) is 0 Å². The van der Waals surface area contributed by atoms with E-state index >= 15 is 0 Å². The van der Waals surface area contributed by atoms with Crippen LogP contribution in [0.25, 0.3) is 0 Å². The first-order valence-corrected chi connectivity index (χ1v) is 7.63. The van der Waals surface area contributed by atoms with Gasteiger partial charge in [0.2, 0.25) is 0 Å². The largest absolute Gasteiger partial charge is 0.309 e. The van der Waals surface area contributed by atoms with Gasteiger partial charge in [-0.3, -0.25) is 0 Å². The highest BCUT2D eigenvalue weighted by Gasteiger charge is 2.48. The van der Waals surface area contributed by atoms with Gasteiger partial charge in [0.05, 0.1) is 5.33 Å². The predicted molar refractivity (Wildman–Crippen MR) is 71.2 cm³/mol. The van der Waals surface area contributed by atoms with Crippen LogP contribution >= 0.6 is 15.9 Å². The highest BCUT2D eigenvalue weighted by atomic mass is 79.9. The zero-order valence-corrected chi connectivity index (χ0v) is 12.4. The van der Waals surface area contributed by atoms with Crippen LogP contribution < -0.4 is 0 Å². The van der Waals surface area contributed by atoms with Crippen molar-refractivity contribution in [2.24, 2.45) is 11.8 Å². The number of hydrogen-bond acceptors (Lipinski definition) is 2. The van der Waals surface area contributed by atoms with Gasteiger partial charge in [-0.05, 0) is 51.9 Å². The fourth-order valence-electron chi connectivity index (χ4n) is 3.34. The lowest BCUT2D eigenvalue weighted by Gasteiger charge is -2.26. The zero-order valence-electron chi connectivity index (χ0n) is 10.8. The van der Waals surface area contributed by atoms with Crippen molar-refractivity contribution in [1.82, 2.24) is 14.8 Å². The summed E-state index contributed by atoms with van der Waals surface area (Å²) in [5.41, 5.74) is 0.0781. The fourth-order valence-corrected chi connectivity index (χ4v) is 3.70. The summed E-state index contributed by atoms with van der Waals surface area (Å²) in [4.78, 5) is 0. The van der Waals surface area contributed by atoms with Crippen molar-refractivity contribution < 1.29 is 0 Å².